The highest BCUT2D eigenvalue weighted by Crippen LogP contribution is 2.23. The Labute approximate surface area is 135 Å². The van der Waals surface area contributed by atoms with E-state index < -0.39 is 0 Å². The molecule has 3 rings (SSSR count). The molecule has 118 valence electrons. The second-order valence-electron chi connectivity index (χ2n) is 6.02. The summed E-state index contributed by atoms with van der Waals surface area (Å²) in [7, 11) is 0. The minimum atomic E-state index is -0.0499. The standard InChI is InChI=1S/C19H20N2O2/c1-12-3-5-15(9-13(12)2)19(23)20-8-7-14-4-6-17-16(10-14)11-18(22)21-17/h3-6,9-10H,7-8,11H2,1-2H3,(H,20,23)(H,21,22). The fourth-order valence-corrected chi connectivity index (χ4v) is 2.74. The van der Waals surface area contributed by atoms with E-state index in [1.54, 1.807) is 0 Å². The molecule has 0 spiro atoms. The Bertz CT molecular complexity index is 781. The molecule has 0 saturated carbocycles. The second-order valence-corrected chi connectivity index (χ2v) is 6.02. The number of benzene rings is 2. The van der Waals surface area contributed by atoms with Crippen LogP contribution in [0.15, 0.2) is 36.4 Å². The van der Waals surface area contributed by atoms with Crippen LogP contribution < -0.4 is 10.6 Å². The van der Waals surface area contributed by atoms with Gasteiger partial charge in [0.2, 0.25) is 5.91 Å². The van der Waals surface area contributed by atoms with Crippen molar-refractivity contribution in [1.29, 1.82) is 0 Å². The van der Waals surface area contributed by atoms with Gasteiger partial charge in [0.1, 0.15) is 0 Å². The van der Waals surface area contributed by atoms with Gasteiger partial charge in [0.25, 0.3) is 5.91 Å². The number of anilines is 1. The molecular weight excluding hydrogens is 288 g/mol. The van der Waals surface area contributed by atoms with Crippen molar-refractivity contribution >= 4 is 17.5 Å². The highest BCUT2D eigenvalue weighted by Gasteiger charge is 2.17. The lowest BCUT2D eigenvalue weighted by atomic mass is 10.0. The Morgan fingerprint density at radius 3 is 2.74 bits per heavy atom. The van der Waals surface area contributed by atoms with Crippen molar-refractivity contribution in [3.05, 3.63) is 64.2 Å². The van der Waals surface area contributed by atoms with Gasteiger partial charge in [0.15, 0.2) is 0 Å². The van der Waals surface area contributed by atoms with Crippen LogP contribution in [0.2, 0.25) is 0 Å². The van der Waals surface area contributed by atoms with E-state index in [1.807, 2.05) is 50.2 Å². The van der Waals surface area contributed by atoms with Crippen molar-refractivity contribution in [1.82, 2.24) is 5.32 Å². The highest BCUT2D eigenvalue weighted by atomic mass is 16.2. The molecule has 0 aliphatic carbocycles. The van der Waals surface area contributed by atoms with Crippen molar-refractivity contribution in [2.75, 3.05) is 11.9 Å². The van der Waals surface area contributed by atoms with E-state index in [4.69, 9.17) is 0 Å². The Hall–Kier alpha value is -2.62. The Balaban J connectivity index is 1.57. The number of hydrogen-bond donors (Lipinski definition) is 2. The molecule has 0 aromatic heterocycles. The molecule has 0 bridgehead atoms. The minimum Gasteiger partial charge on any atom is -0.352 e. The van der Waals surface area contributed by atoms with Gasteiger partial charge in [-0.2, -0.15) is 0 Å². The molecule has 4 nitrogen and oxygen atoms in total. The third kappa shape index (κ3) is 3.42. The van der Waals surface area contributed by atoms with Crippen LogP contribution in [0.1, 0.15) is 32.6 Å². The first-order valence-electron chi connectivity index (χ1n) is 7.80. The van der Waals surface area contributed by atoms with Crippen molar-refractivity contribution in [2.24, 2.45) is 0 Å². The quantitative estimate of drug-likeness (QED) is 0.912. The smallest absolute Gasteiger partial charge is 0.251 e. The molecule has 4 heteroatoms. The molecule has 2 aromatic carbocycles. The number of nitrogens with one attached hydrogen (secondary N) is 2. The van der Waals surface area contributed by atoms with Crippen LogP contribution in [0.4, 0.5) is 5.69 Å². The Morgan fingerprint density at radius 1 is 1.13 bits per heavy atom. The zero-order chi connectivity index (χ0) is 16.4. The Morgan fingerprint density at radius 2 is 1.96 bits per heavy atom. The van der Waals surface area contributed by atoms with Crippen LogP contribution >= 0.6 is 0 Å². The van der Waals surface area contributed by atoms with Gasteiger partial charge in [-0.05, 0) is 60.7 Å². The van der Waals surface area contributed by atoms with Crippen LogP contribution in [-0.4, -0.2) is 18.4 Å². The van der Waals surface area contributed by atoms with E-state index in [2.05, 4.69) is 10.6 Å². The van der Waals surface area contributed by atoms with Crippen molar-refractivity contribution in [3.8, 4) is 0 Å². The first kappa shape index (κ1) is 15.3. The summed E-state index contributed by atoms with van der Waals surface area (Å²) >= 11 is 0. The van der Waals surface area contributed by atoms with Gasteiger partial charge in [-0.3, -0.25) is 9.59 Å². The predicted octanol–water partition coefficient (Wildman–Crippen LogP) is 2.77. The number of carbonyl (C=O) groups excluding carboxylic acids is 2. The fraction of sp³-hybridized carbons (Fsp3) is 0.263. The summed E-state index contributed by atoms with van der Waals surface area (Å²) in [4.78, 5) is 23.5. The molecule has 1 heterocycles. The second kappa shape index (κ2) is 6.24. The number of amides is 2. The molecule has 1 aliphatic heterocycles. The summed E-state index contributed by atoms with van der Waals surface area (Å²) in [6.07, 6.45) is 1.19. The molecule has 2 aromatic rings. The number of rotatable bonds is 4. The summed E-state index contributed by atoms with van der Waals surface area (Å²) < 4.78 is 0. The maximum atomic E-state index is 12.2. The zero-order valence-electron chi connectivity index (χ0n) is 13.4. The van der Waals surface area contributed by atoms with E-state index >= 15 is 0 Å². The van der Waals surface area contributed by atoms with Gasteiger partial charge in [-0.1, -0.05) is 18.2 Å². The monoisotopic (exact) mass is 308 g/mol. The van der Waals surface area contributed by atoms with Crippen LogP contribution in [0.25, 0.3) is 0 Å². The average molecular weight is 308 g/mol. The molecule has 2 N–H and O–H groups in total. The minimum absolute atomic E-state index is 0.0418. The van der Waals surface area contributed by atoms with Crippen LogP contribution in [-0.2, 0) is 17.6 Å². The van der Waals surface area contributed by atoms with Crippen molar-refractivity contribution in [2.45, 2.75) is 26.7 Å². The first-order valence-corrected chi connectivity index (χ1v) is 7.80. The fourth-order valence-electron chi connectivity index (χ4n) is 2.74. The first-order chi connectivity index (χ1) is 11.0. The van der Waals surface area contributed by atoms with Crippen LogP contribution in [0.3, 0.4) is 0 Å². The van der Waals surface area contributed by atoms with Crippen molar-refractivity contribution < 1.29 is 9.59 Å². The predicted molar refractivity (Wildman–Crippen MR) is 90.7 cm³/mol. The summed E-state index contributed by atoms with van der Waals surface area (Å²) in [6, 6.07) is 11.7. The summed E-state index contributed by atoms with van der Waals surface area (Å²) in [6.45, 7) is 4.61. The molecule has 23 heavy (non-hydrogen) atoms. The summed E-state index contributed by atoms with van der Waals surface area (Å²) in [5, 5.41) is 5.77. The maximum absolute atomic E-state index is 12.2. The van der Waals surface area contributed by atoms with Gasteiger partial charge in [0, 0.05) is 17.8 Å². The topological polar surface area (TPSA) is 58.2 Å². The summed E-state index contributed by atoms with van der Waals surface area (Å²) in [5.41, 5.74) is 6.06. The molecule has 0 unspecified atom stereocenters. The SMILES string of the molecule is Cc1ccc(C(=O)NCCc2ccc3c(c2)CC(=O)N3)cc1C. The number of carbonyl (C=O) groups is 2. The van der Waals surface area contributed by atoms with Crippen LogP contribution in [0.5, 0.6) is 0 Å². The highest BCUT2D eigenvalue weighted by molar-refractivity contribution is 5.99. The van der Waals surface area contributed by atoms with Crippen molar-refractivity contribution in [3.63, 3.8) is 0 Å². The molecule has 1 aliphatic rings. The van der Waals surface area contributed by atoms with E-state index in [9.17, 15) is 9.59 Å². The third-order valence-electron chi connectivity index (χ3n) is 4.26. The lowest BCUT2D eigenvalue weighted by molar-refractivity contribution is -0.115. The van der Waals surface area contributed by atoms with Gasteiger partial charge in [-0.15, -0.1) is 0 Å². The average Bonchev–Trinajstić information content (AvgIpc) is 2.89. The lowest BCUT2D eigenvalue weighted by Gasteiger charge is -2.08. The number of aryl methyl sites for hydroxylation is 2. The maximum Gasteiger partial charge on any atom is 0.251 e. The molecule has 0 fully saturated rings. The van der Waals surface area contributed by atoms with Gasteiger partial charge < -0.3 is 10.6 Å². The molecule has 0 saturated heterocycles. The molecule has 0 atom stereocenters. The normalized spacial score (nSPS) is 12.7. The lowest BCUT2D eigenvalue weighted by Crippen LogP contribution is -2.25. The molecular formula is C19H20N2O2. The summed E-state index contributed by atoms with van der Waals surface area (Å²) in [5.74, 6) is -0.00806. The Kier molecular flexibility index (Phi) is 4.15. The van der Waals surface area contributed by atoms with Gasteiger partial charge >= 0.3 is 0 Å². The molecule has 0 radical (unpaired) electrons. The van der Waals surface area contributed by atoms with E-state index in [0.29, 0.717) is 18.5 Å². The van der Waals surface area contributed by atoms with Gasteiger partial charge in [0.05, 0.1) is 6.42 Å². The third-order valence-corrected chi connectivity index (χ3v) is 4.26. The largest absolute Gasteiger partial charge is 0.352 e. The van der Waals surface area contributed by atoms with Gasteiger partial charge in [-0.25, -0.2) is 0 Å². The molecule has 2 amide bonds. The van der Waals surface area contributed by atoms with Crippen LogP contribution in [0, 0.1) is 13.8 Å². The van der Waals surface area contributed by atoms with E-state index in [1.165, 1.54) is 5.56 Å². The van der Waals surface area contributed by atoms with E-state index in [0.717, 1.165) is 28.8 Å². The van der Waals surface area contributed by atoms with E-state index in [-0.39, 0.29) is 11.8 Å². The number of fused-ring (bicyclic) bond motifs is 1. The number of hydrogen-bond acceptors (Lipinski definition) is 2. The zero-order valence-corrected chi connectivity index (χ0v) is 13.4.